The third-order valence-corrected chi connectivity index (χ3v) is 4.23. The van der Waals surface area contributed by atoms with Gasteiger partial charge in [0.05, 0.1) is 33.0 Å². The molecule has 5 heteroatoms. The number of hydrogen-bond acceptors (Lipinski definition) is 5. The Kier molecular flexibility index (Phi) is 21.8. The minimum atomic E-state index is -0.110. The summed E-state index contributed by atoms with van der Waals surface area (Å²) >= 11 is 0. The van der Waals surface area contributed by atoms with Gasteiger partial charge in [-0.15, -0.1) is 0 Å². The average Bonchev–Trinajstić information content (AvgIpc) is 2.64. The molecule has 0 aliphatic rings. The zero-order chi connectivity index (χ0) is 19.1. The molecule has 0 bridgehead atoms. The fourth-order valence-electron chi connectivity index (χ4n) is 2.63. The van der Waals surface area contributed by atoms with E-state index in [4.69, 9.17) is 18.9 Å². The van der Waals surface area contributed by atoms with Crippen molar-refractivity contribution in [3.8, 4) is 0 Å². The quantitative estimate of drug-likeness (QED) is 0.211. The van der Waals surface area contributed by atoms with Gasteiger partial charge >= 0.3 is 5.97 Å². The molecule has 156 valence electrons. The van der Waals surface area contributed by atoms with Gasteiger partial charge in [0, 0.05) is 20.1 Å². The first-order valence-electron chi connectivity index (χ1n) is 10.6. The maximum atomic E-state index is 11.6. The highest BCUT2D eigenvalue weighted by molar-refractivity contribution is 5.69. The van der Waals surface area contributed by atoms with E-state index >= 15 is 0 Å². The van der Waals surface area contributed by atoms with Gasteiger partial charge in [0.15, 0.2) is 0 Å². The molecule has 0 unspecified atom stereocenters. The van der Waals surface area contributed by atoms with E-state index in [9.17, 15) is 4.79 Å². The molecule has 0 N–H and O–H groups in total. The topological polar surface area (TPSA) is 54.0 Å². The normalized spacial score (nSPS) is 11.0. The van der Waals surface area contributed by atoms with Crippen LogP contribution in [0.25, 0.3) is 0 Å². The van der Waals surface area contributed by atoms with Gasteiger partial charge in [-0.05, 0) is 12.8 Å². The predicted octanol–water partition coefficient (Wildman–Crippen LogP) is 4.91. The van der Waals surface area contributed by atoms with Crippen LogP contribution in [0.4, 0.5) is 0 Å². The van der Waals surface area contributed by atoms with Crippen LogP contribution in [-0.2, 0) is 23.7 Å². The van der Waals surface area contributed by atoms with Gasteiger partial charge < -0.3 is 18.9 Å². The van der Waals surface area contributed by atoms with E-state index in [1.807, 2.05) is 0 Å². The second-order valence-electron chi connectivity index (χ2n) is 6.72. The molecule has 5 nitrogen and oxygen atoms in total. The van der Waals surface area contributed by atoms with Crippen molar-refractivity contribution in [2.45, 2.75) is 84.0 Å². The van der Waals surface area contributed by atoms with Gasteiger partial charge in [0.2, 0.25) is 0 Å². The molecule has 0 spiro atoms. The summed E-state index contributed by atoms with van der Waals surface area (Å²) in [6.07, 6.45) is 14.0. The molecule has 0 aliphatic heterocycles. The van der Waals surface area contributed by atoms with Crippen molar-refractivity contribution in [3.05, 3.63) is 0 Å². The Morgan fingerprint density at radius 1 is 0.615 bits per heavy atom. The lowest BCUT2D eigenvalue weighted by atomic mass is 10.1. The number of esters is 1. The summed E-state index contributed by atoms with van der Waals surface area (Å²) in [5, 5.41) is 0. The maximum absolute atomic E-state index is 11.6. The van der Waals surface area contributed by atoms with Crippen LogP contribution in [-0.4, -0.2) is 52.7 Å². The Bertz CT molecular complexity index is 284. The average molecular weight is 375 g/mol. The molecule has 0 aromatic rings. The summed E-state index contributed by atoms with van der Waals surface area (Å²) in [4.78, 5) is 11.6. The molecule has 0 saturated carbocycles. The van der Waals surface area contributed by atoms with Gasteiger partial charge in [-0.25, -0.2) is 0 Å². The number of methoxy groups -OCH3 is 1. The van der Waals surface area contributed by atoms with Gasteiger partial charge in [-0.1, -0.05) is 64.7 Å². The minimum Gasteiger partial charge on any atom is -0.466 e. The summed E-state index contributed by atoms with van der Waals surface area (Å²) in [5.41, 5.74) is 0. The maximum Gasteiger partial charge on any atom is 0.305 e. The van der Waals surface area contributed by atoms with Crippen LogP contribution in [0.3, 0.4) is 0 Å². The van der Waals surface area contributed by atoms with Crippen molar-refractivity contribution in [1.29, 1.82) is 0 Å². The lowest BCUT2D eigenvalue weighted by Crippen LogP contribution is -2.10. The number of rotatable bonds is 21. The Hall–Kier alpha value is -0.650. The number of carbonyl (C=O) groups is 1. The molecule has 0 aromatic carbocycles. The molecule has 0 aromatic heterocycles. The summed E-state index contributed by atoms with van der Waals surface area (Å²) < 4.78 is 20.8. The highest BCUT2D eigenvalue weighted by Gasteiger charge is 2.02. The van der Waals surface area contributed by atoms with E-state index in [1.165, 1.54) is 51.4 Å². The Balaban J connectivity index is 3.13. The fraction of sp³-hybridized carbons (Fsp3) is 0.952. The molecule has 0 heterocycles. The Morgan fingerprint density at radius 3 is 1.77 bits per heavy atom. The molecule has 0 aliphatic carbocycles. The van der Waals surface area contributed by atoms with E-state index in [2.05, 4.69) is 6.92 Å². The summed E-state index contributed by atoms with van der Waals surface area (Å²) in [6, 6.07) is 0. The van der Waals surface area contributed by atoms with Crippen molar-refractivity contribution in [2.24, 2.45) is 0 Å². The van der Waals surface area contributed by atoms with Gasteiger partial charge in [0.25, 0.3) is 0 Å². The molecular weight excluding hydrogens is 332 g/mol. The number of hydrogen-bond donors (Lipinski definition) is 0. The zero-order valence-corrected chi connectivity index (χ0v) is 17.3. The Labute approximate surface area is 161 Å². The van der Waals surface area contributed by atoms with Crippen molar-refractivity contribution in [3.63, 3.8) is 0 Å². The van der Waals surface area contributed by atoms with Gasteiger partial charge in [0.1, 0.15) is 0 Å². The van der Waals surface area contributed by atoms with Crippen LogP contribution in [0.15, 0.2) is 0 Å². The van der Waals surface area contributed by atoms with E-state index in [-0.39, 0.29) is 5.97 Å². The predicted molar refractivity (Wildman–Crippen MR) is 106 cm³/mol. The highest BCUT2D eigenvalue weighted by atomic mass is 16.5. The number of ether oxygens (including phenoxy) is 4. The molecule has 0 saturated heterocycles. The van der Waals surface area contributed by atoms with Crippen LogP contribution in [0, 0.1) is 0 Å². The van der Waals surface area contributed by atoms with Crippen molar-refractivity contribution >= 4 is 5.97 Å². The zero-order valence-electron chi connectivity index (χ0n) is 17.3. The Morgan fingerprint density at radius 2 is 1.15 bits per heavy atom. The monoisotopic (exact) mass is 374 g/mol. The third kappa shape index (κ3) is 21.4. The highest BCUT2D eigenvalue weighted by Crippen LogP contribution is 2.10. The second-order valence-corrected chi connectivity index (χ2v) is 6.72. The van der Waals surface area contributed by atoms with Crippen molar-refractivity contribution in [1.82, 2.24) is 0 Å². The number of carbonyl (C=O) groups excluding carboxylic acids is 1. The largest absolute Gasteiger partial charge is 0.466 e. The van der Waals surface area contributed by atoms with Crippen LogP contribution in [0.5, 0.6) is 0 Å². The van der Waals surface area contributed by atoms with E-state index in [1.54, 1.807) is 7.11 Å². The molecular formula is C21H42O5. The third-order valence-electron chi connectivity index (χ3n) is 4.23. The fourth-order valence-corrected chi connectivity index (χ4v) is 2.63. The number of unbranched alkanes of at least 4 members (excludes halogenated alkanes) is 9. The van der Waals surface area contributed by atoms with E-state index in [0.717, 1.165) is 12.8 Å². The van der Waals surface area contributed by atoms with Gasteiger partial charge in [-0.3, -0.25) is 4.79 Å². The minimum absolute atomic E-state index is 0.110. The lowest BCUT2D eigenvalue weighted by molar-refractivity contribution is -0.144. The molecule has 0 atom stereocenters. The van der Waals surface area contributed by atoms with E-state index in [0.29, 0.717) is 52.5 Å². The van der Waals surface area contributed by atoms with Crippen LogP contribution in [0.1, 0.15) is 84.0 Å². The first kappa shape index (κ1) is 25.4. The van der Waals surface area contributed by atoms with Gasteiger partial charge in [-0.2, -0.15) is 0 Å². The standard InChI is InChI=1S/C21H42O5/c1-3-4-5-6-7-8-9-10-11-12-16-26-21(22)14-13-15-24-19-20-25-18-17-23-2/h3-20H2,1-2H3. The van der Waals surface area contributed by atoms with Crippen LogP contribution < -0.4 is 0 Å². The summed E-state index contributed by atoms with van der Waals surface area (Å²) in [7, 11) is 1.65. The molecule has 0 rings (SSSR count). The van der Waals surface area contributed by atoms with Crippen molar-refractivity contribution < 1.29 is 23.7 Å². The lowest BCUT2D eigenvalue weighted by Gasteiger charge is -2.06. The SMILES string of the molecule is CCCCCCCCCCCCOC(=O)CCCOCCOCCOC. The molecule has 26 heavy (non-hydrogen) atoms. The molecule has 0 amide bonds. The van der Waals surface area contributed by atoms with Crippen molar-refractivity contribution in [2.75, 3.05) is 46.8 Å². The second kappa shape index (κ2) is 22.4. The first-order chi connectivity index (χ1) is 12.8. The van der Waals surface area contributed by atoms with E-state index < -0.39 is 0 Å². The first-order valence-corrected chi connectivity index (χ1v) is 10.6. The summed E-state index contributed by atoms with van der Waals surface area (Å²) in [6.45, 7) is 5.69. The smallest absolute Gasteiger partial charge is 0.305 e. The van der Waals surface area contributed by atoms with Crippen LogP contribution >= 0.6 is 0 Å². The summed E-state index contributed by atoms with van der Waals surface area (Å²) in [5.74, 6) is -0.110. The van der Waals surface area contributed by atoms with Crippen LogP contribution in [0.2, 0.25) is 0 Å². The molecule has 0 radical (unpaired) electrons. The molecule has 0 fully saturated rings.